The predicted octanol–water partition coefficient (Wildman–Crippen LogP) is 0.889. The van der Waals surface area contributed by atoms with E-state index >= 15 is 0 Å². The molecule has 2 saturated heterocycles. The molecule has 1 unspecified atom stereocenters. The summed E-state index contributed by atoms with van der Waals surface area (Å²) in [5.41, 5.74) is -0.301. The van der Waals surface area contributed by atoms with Gasteiger partial charge in [0.2, 0.25) is 11.8 Å². The number of amides is 5. The molecule has 1 saturated carbocycles. The van der Waals surface area contributed by atoms with Gasteiger partial charge in [-0.15, -0.1) is 0 Å². The average molecular weight is 548 g/mol. The maximum absolute atomic E-state index is 13.8. The number of likely N-dealkylation sites (tertiary alicyclic amines) is 1. The van der Waals surface area contributed by atoms with E-state index in [1.54, 1.807) is 6.92 Å². The molecule has 3 N–H and O–H groups in total. The van der Waals surface area contributed by atoms with Gasteiger partial charge in [0.25, 0.3) is 23.4 Å². The third-order valence-electron chi connectivity index (χ3n) is 8.16. The number of rotatable bonds is 9. The first-order valence-corrected chi connectivity index (χ1v) is 13.1. The van der Waals surface area contributed by atoms with Crippen LogP contribution >= 0.6 is 11.6 Å². The molecule has 2 heterocycles. The maximum atomic E-state index is 13.8. The van der Waals surface area contributed by atoms with Crippen molar-refractivity contribution in [2.45, 2.75) is 71.3 Å². The van der Waals surface area contributed by atoms with Crippen LogP contribution in [0.5, 0.6) is 0 Å². The van der Waals surface area contributed by atoms with Crippen molar-refractivity contribution in [1.82, 2.24) is 26.0 Å². The van der Waals surface area contributed by atoms with Crippen LogP contribution in [0.1, 0.15) is 47.5 Å². The van der Waals surface area contributed by atoms with Crippen LogP contribution < -0.4 is 16.1 Å². The van der Waals surface area contributed by atoms with Gasteiger partial charge in [-0.05, 0) is 36.5 Å². The van der Waals surface area contributed by atoms with E-state index in [2.05, 4.69) is 16.1 Å². The van der Waals surface area contributed by atoms with Crippen molar-refractivity contribution in [2.24, 2.45) is 29.1 Å². The number of hydrogen-bond acceptors (Lipinski definition) is 5. The molecule has 3 rings (SSSR count). The molecule has 3 fully saturated rings. The van der Waals surface area contributed by atoms with Crippen molar-refractivity contribution < 1.29 is 32.8 Å². The molecule has 0 aromatic carbocycles. The van der Waals surface area contributed by atoms with Crippen LogP contribution in [0.15, 0.2) is 0 Å². The molecule has 0 spiro atoms. The number of carbonyl (C=O) groups excluding carboxylic acids is 5. The Morgan fingerprint density at radius 1 is 1.24 bits per heavy atom. The standard InChI is InChI=1S/C24H36ClF2N5O5/c1-6-11(2)16(29-19(33)12(3)26)22(36)31-10-14-15(24(14,4)5)17(31)21(35)30-32(23(37)18(25)27)9-13-7-8-28-20(13)34/h11-18H,6-10H2,1-5H3,(H,28,34)(H,29,33)(H,30,35)/t11-,12?,13+,14+,15+,16+,17+,18+/m1/s1. The lowest BCUT2D eigenvalue weighted by molar-refractivity contribution is -0.150. The Morgan fingerprint density at radius 2 is 1.89 bits per heavy atom. The zero-order chi connectivity index (χ0) is 27.8. The van der Waals surface area contributed by atoms with Crippen LogP contribution in [0.3, 0.4) is 0 Å². The van der Waals surface area contributed by atoms with Crippen LogP contribution in [0.2, 0.25) is 0 Å². The van der Waals surface area contributed by atoms with Crippen LogP contribution in [0, 0.1) is 29.1 Å². The summed E-state index contributed by atoms with van der Waals surface area (Å²) in [7, 11) is 0. The van der Waals surface area contributed by atoms with E-state index < -0.39 is 53.4 Å². The van der Waals surface area contributed by atoms with E-state index in [0.29, 0.717) is 24.4 Å². The van der Waals surface area contributed by atoms with E-state index in [1.165, 1.54) is 4.90 Å². The second kappa shape index (κ2) is 11.1. The third kappa shape index (κ3) is 5.83. The minimum absolute atomic E-state index is 0.00713. The fourth-order valence-electron chi connectivity index (χ4n) is 5.49. The Labute approximate surface area is 220 Å². The molecule has 8 atom stereocenters. The van der Waals surface area contributed by atoms with E-state index in [0.717, 1.165) is 6.92 Å². The molecule has 208 valence electrons. The molecule has 3 aliphatic rings. The summed E-state index contributed by atoms with van der Waals surface area (Å²) >= 11 is 5.37. The number of fused-ring (bicyclic) bond motifs is 1. The zero-order valence-corrected chi connectivity index (χ0v) is 22.5. The van der Waals surface area contributed by atoms with Gasteiger partial charge >= 0.3 is 0 Å². The molecular weight excluding hydrogens is 512 g/mol. The van der Waals surface area contributed by atoms with E-state index in [-0.39, 0.29) is 42.2 Å². The van der Waals surface area contributed by atoms with Crippen LogP contribution in [0.4, 0.5) is 8.78 Å². The molecule has 0 aromatic rings. The lowest BCUT2D eigenvalue weighted by atomic mass is 9.95. The highest BCUT2D eigenvalue weighted by atomic mass is 35.5. The Hall–Kier alpha value is -2.50. The minimum Gasteiger partial charge on any atom is -0.356 e. The first-order chi connectivity index (χ1) is 17.2. The van der Waals surface area contributed by atoms with Gasteiger partial charge in [0.1, 0.15) is 12.1 Å². The fourth-order valence-corrected chi connectivity index (χ4v) is 5.61. The zero-order valence-electron chi connectivity index (χ0n) is 21.7. The van der Waals surface area contributed by atoms with Crippen molar-refractivity contribution in [3.8, 4) is 0 Å². The number of piperidine rings is 1. The molecule has 0 bridgehead atoms. The number of hydrogen-bond donors (Lipinski definition) is 3. The summed E-state index contributed by atoms with van der Waals surface area (Å²) in [6, 6.07) is -2.07. The van der Waals surface area contributed by atoms with Gasteiger partial charge in [-0.25, -0.2) is 13.8 Å². The van der Waals surface area contributed by atoms with E-state index in [1.807, 2.05) is 20.8 Å². The molecule has 10 nitrogen and oxygen atoms in total. The normalized spacial score (nSPS) is 28.9. The Balaban J connectivity index is 1.85. The van der Waals surface area contributed by atoms with Crippen molar-refractivity contribution in [1.29, 1.82) is 0 Å². The predicted molar refractivity (Wildman–Crippen MR) is 130 cm³/mol. The van der Waals surface area contributed by atoms with Gasteiger partial charge in [0.05, 0.1) is 12.5 Å². The van der Waals surface area contributed by atoms with Crippen LogP contribution in [-0.4, -0.2) is 83.0 Å². The van der Waals surface area contributed by atoms with Crippen LogP contribution in [-0.2, 0) is 24.0 Å². The molecule has 0 radical (unpaired) electrons. The Kier molecular flexibility index (Phi) is 8.71. The first kappa shape index (κ1) is 29.1. The first-order valence-electron chi connectivity index (χ1n) is 12.6. The lowest BCUT2D eigenvalue weighted by Gasteiger charge is -2.36. The molecule has 0 aromatic heterocycles. The quantitative estimate of drug-likeness (QED) is 0.292. The molecule has 2 aliphatic heterocycles. The summed E-state index contributed by atoms with van der Waals surface area (Å²) < 4.78 is 27.4. The highest BCUT2D eigenvalue weighted by Gasteiger charge is 2.69. The molecule has 13 heteroatoms. The average Bonchev–Trinajstić information content (AvgIpc) is 3.19. The Bertz CT molecular complexity index is 948. The van der Waals surface area contributed by atoms with Gasteiger partial charge < -0.3 is 15.5 Å². The topological polar surface area (TPSA) is 128 Å². The van der Waals surface area contributed by atoms with Crippen molar-refractivity contribution in [2.75, 3.05) is 19.6 Å². The molecule has 37 heavy (non-hydrogen) atoms. The Morgan fingerprint density at radius 3 is 2.41 bits per heavy atom. The smallest absolute Gasteiger partial charge is 0.291 e. The highest BCUT2D eigenvalue weighted by Crippen LogP contribution is 2.65. The van der Waals surface area contributed by atoms with Gasteiger partial charge in [0.15, 0.2) is 6.17 Å². The van der Waals surface area contributed by atoms with Gasteiger partial charge in [-0.1, -0.05) is 45.7 Å². The summed E-state index contributed by atoms with van der Waals surface area (Å²) in [5.74, 6) is -4.96. The highest BCUT2D eigenvalue weighted by molar-refractivity contribution is 6.29. The minimum atomic E-state index is -2.44. The van der Waals surface area contributed by atoms with Gasteiger partial charge in [-0.3, -0.25) is 29.4 Å². The van der Waals surface area contributed by atoms with E-state index in [4.69, 9.17) is 11.6 Å². The van der Waals surface area contributed by atoms with Gasteiger partial charge in [-0.2, -0.15) is 0 Å². The number of alkyl halides is 3. The summed E-state index contributed by atoms with van der Waals surface area (Å²) in [6.45, 7) is 8.93. The number of carbonyl (C=O) groups is 5. The van der Waals surface area contributed by atoms with Crippen molar-refractivity contribution >= 4 is 41.1 Å². The SMILES string of the molecule is CC[C@@H](C)[C@H](NC(=O)C(C)F)C(=O)N1C[C@H]2[C@@H]([C@H]1C(=O)NN(C[C@@H]1CCNC1=O)C(=O)[C@H](F)Cl)C2(C)C. The van der Waals surface area contributed by atoms with E-state index in [9.17, 15) is 32.8 Å². The largest absolute Gasteiger partial charge is 0.356 e. The van der Waals surface area contributed by atoms with Gasteiger partial charge in [0, 0.05) is 13.1 Å². The molecule has 5 amide bonds. The van der Waals surface area contributed by atoms with Crippen LogP contribution in [0.25, 0.3) is 0 Å². The fraction of sp³-hybridized carbons (Fsp3) is 0.792. The number of hydrazine groups is 1. The summed E-state index contributed by atoms with van der Waals surface area (Å²) in [6.07, 6.45) is -0.909. The lowest BCUT2D eigenvalue weighted by Crippen LogP contribution is -2.60. The number of nitrogens with one attached hydrogen (secondary N) is 3. The number of halogens is 3. The molecule has 1 aliphatic carbocycles. The maximum Gasteiger partial charge on any atom is 0.291 e. The summed E-state index contributed by atoms with van der Waals surface area (Å²) in [4.78, 5) is 65.1. The molecular formula is C24H36ClF2N5O5. The monoisotopic (exact) mass is 547 g/mol. The van der Waals surface area contributed by atoms with Crippen molar-refractivity contribution in [3.63, 3.8) is 0 Å². The van der Waals surface area contributed by atoms with Crippen molar-refractivity contribution in [3.05, 3.63) is 0 Å². The number of nitrogens with zero attached hydrogens (tertiary/aromatic N) is 2. The summed E-state index contributed by atoms with van der Waals surface area (Å²) in [5, 5.41) is 5.80. The second-order valence-corrected chi connectivity index (χ2v) is 11.3. The second-order valence-electron chi connectivity index (χ2n) is 10.9. The third-order valence-corrected chi connectivity index (χ3v) is 8.35.